The Labute approximate surface area is 159 Å². The molecule has 0 N–H and O–H groups in total. The van der Waals surface area contributed by atoms with Crippen molar-refractivity contribution in [2.45, 2.75) is 25.3 Å². The zero-order valence-electron chi connectivity index (χ0n) is 13.2. The third-order valence-corrected chi connectivity index (χ3v) is 9.00. The number of amides is 2. The van der Waals surface area contributed by atoms with Crippen LogP contribution in [0.1, 0.15) is 11.1 Å². The van der Waals surface area contributed by atoms with Crippen LogP contribution in [-0.2, 0) is 15.0 Å². The van der Waals surface area contributed by atoms with Crippen LogP contribution < -0.4 is 0 Å². The van der Waals surface area contributed by atoms with Gasteiger partial charge in [0.05, 0.1) is 10.7 Å². The van der Waals surface area contributed by atoms with E-state index in [1.54, 1.807) is 11.8 Å². The fraction of sp³-hybridized carbons (Fsp3) is 0.263. The second-order valence-electron chi connectivity index (χ2n) is 6.71. The van der Waals surface area contributed by atoms with Crippen LogP contribution in [0, 0.1) is 0 Å². The second-order valence-corrected chi connectivity index (χ2v) is 9.02. The van der Waals surface area contributed by atoms with Gasteiger partial charge >= 0.3 is 0 Å². The first-order chi connectivity index (χ1) is 11.9. The van der Waals surface area contributed by atoms with Crippen molar-refractivity contribution in [2.24, 2.45) is 0 Å². The van der Waals surface area contributed by atoms with Gasteiger partial charge < -0.3 is 0 Å². The SMILES string of the molecule is CN1C(=O)C2(Cl)C3Sc4ccccc4C3(c3ccccc3)C2(Cl)C1=O. The number of thioether (sulfide) groups is 1. The first-order valence-electron chi connectivity index (χ1n) is 7.94. The zero-order chi connectivity index (χ0) is 17.6. The lowest BCUT2D eigenvalue weighted by molar-refractivity contribution is -0.137. The van der Waals surface area contributed by atoms with Crippen LogP contribution >= 0.6 is 35.0 Å². The number of fused-ring (bicyclic) bond motifs is 6. The zero-order valence-corrected chi connectivity index (χ0v) is 15.5. The summed E-state index contributed by atoms with van der Waals surface area (Å²) >= 11 is 15.4. The molecule has 2 aromatic rings. The van der Waals surface area contributed by atoms with E-state index in [0.717, 1.165) is 20.9 Å². The maximum absolute atomic E-state index is 13.1. The van der Waals surface area contributed by atoms with Crippen molar-refractivity contribution in [1.29, 1.82) is 0 Å². The molecule has 2 aliphatic heterocycles. The van der Waals surface area contributed by atoms with Gasteiger partial charge in [-0.25, -0.2) is 0 Å². The number of carbonyl (C=O) groups is 2. The molecule has 0 bridgehead atoms. The van der Waals surface area contributed by atoms with Crippen molar-refractivity contribution < 1.29 is 9.59 Å². The molecule has 3 aliphatic rings. The van der Waals surface area contributed by atoms with Crippen molar-refractivity contribution in [3.8, 4) is 0 Å². The quantitative estimate of drug-likeness (QED) is 0.553. The van der Waals surface area contributed by atoms with Gasteiger partial charge in [0.2, 0.25) is 0 Å². The van der Waals surface area contributed by atoms with Gasteiger partial charge in [-0.15, -0.1) is 35.0 Å². The van der Waals surface area contributed by atoms with E-state index >= 15 is 0 Å². The molecule has 4 atom stereocenters. The van der Waals surface area contributed by atoms with Gasteiger partial charge in [0.1, 0.15) is 0 Å². The molecule has 1 aliphatic carbocycles. The lowest BCUT2D eigenvalue weighted by Gasteiger charge is -2.62. The number of carbonyl (C=O) groups excluding carboxylic acids is 2. The number of imide groups is 1. The summed E-state index contributed by atoms with van der Waals surface area (Å²) in [6.07, 6.45) is 0. The average Bonchev–Trinajstić information content (AvgIpc) is 3.04. The van der Waals surface area contributed by atoms with E-state index < -0.39 is 27.0 Å². The monoisotopic (exact) mass is 389 g/mol. The summed E-state index contributed by atoms with van der Waals surface area (Å²) in [6.45, 7) is 0. The smallest absolute Gasteiger partial charge is 0.253 e. The van der Waals surface area contributed by atoms with E-state index in [1.165, 1.54) is 7.05 Å². The van der Waals surface area contributed by atoms with Gasteiger partial charge in [-0.1, -0.05) is 48.5 Å². The summed E-state index contributed by atoms with van der Waals surface area (Å²) < 4.78 is 0. The molecule has 3 nitrogen and oxygen atoms in total. The van der Waals surface area contributed by atoms with Gasteiger partial charge in [0.25, 0.3) is 11.8 Å². The van der Waals surface area contributed by atoms with Crippen LogP contribution in [0.3, 0.4) is 0 Å². The van der Waals surface area contributed by atoms with Crippen molar-refractivity contribution in [2.75, 3.05) is 7.05 Å². The van der Waals surface area contributed by atoms with E-state index in [9.17, 15) is 9.59 Å². The summed E-state index contributed by atoms with van der Waals surface area (Å²) in [7, 11) is 1.46. The molecule has 2 aromatic carbocycles. The van der Waals surface area contributed by atoms with Crippen molar-refractivity contribution >= 4 is 46.8 Å². The molecule has 2 amide bonds. The van der Waals surface area contributed by atoms with E-state index in [2.05, 4.69) is 0 Å². The molecular weight excluding hydrogens is 377 g/mol. The standard InChI is InChI=1S/C19H13Cl2NO2S/c1-22-15(23)18(20)14-17(19(18,21)16(22)24,11-7-3-2-4-8-11)12-9-5-6-10-13(12)25-14/h2-10,14H,1H3. The van der Waals surface area contributed by atoms with E-state index in [4.69, 9.17) is 23.2 Å². The Kier molecular flexibility index (Phi) is 2.91. The number of likely N-dealkylation sites (tertiary alicyclic amines) is 1. The number of rotatable bonds is 1. The lowest BCUT2D eigenvalue weighted by atomic mass is 9.47. The maximum Gasteiger partial charge on any atom is 0.253 e. The summed E-state index contributed by atoms with van der Waals surface area (Å²) in [5.41, 5.74) is 1.06. The van der Waals surface area contributed by atoms with Crippen LogP contribution in [-0.4, -0.2) is 38.8 Å². The van der Waals surface area contributed by atoms with Gasteiger partial charge in [-0.3, -0.25) is 14.5 Å². The number of hydrogen-bond donors (Lipinski definition) is 0. The van der Waals surface area contributed by atoms with Gasteiger partial charge in [-0.2, -0.15) is 0 Å². The highest BCUT2D eigenvalue weighted by atomic mass is 35.5. The van der Waals surface area contributed by atoms with Gasteiger partial charge in [-0.05, 0) is 17.2 Å². The highest BCUT2D eigenvalue weighted by molar-refractivity contribution is 8.00. The Morgan fingerprint density at radius 3 is 2.32 bits per heavy atom. The predicted molar refractivity (Wildman–Crippen MR) is 98.3 cm³/mol. The highest BCUT2D eigenvalue weighted by Gasteiger charge is 2.92. The molecule has 0 spiro atoms. The topological polar surface area (TPSA) is 37.4 Å². The molecule has 4 unspecified atom stereocenters. The molecule has 2 fully saturated rings. The molecular formula is C19H13Cl2NO2S. The van der Waals surface area contributed by atoms with Crippen molar-refractivity contribution in [1.82, 2.24) is 4.90 Å². The Morgan fingerprint density at radius 1 is 0.960 bits per heavy atom. The van der Waals surface area contributed by atoms with Crippen molar-refractivity contribution in [3.05, 3.63) is 65.7 Å². The molecule has 5 rings (SSSR count). The number of alkyl halides is 2. The van der Waals surface area contributed by atoms with E-state index in [1.807, 2.05) is 54.6 Å². The molecule has 0 aromatic heterocycles. The lowest BCUT2D eigenvalue weighted by Crippen LogP contribution is -2.81. The number of hydrogen-bond acceptors (Lipinski definition) is 3. The maximum atomic E-state index is 13.1. The van der Waals surface area contributed by atoms with Crippen molar-refractivity contribution in [3.63, 3.8) is 0 Å². The van der Waals surface area contributed by atoms with Crippen LogP contribution in [0.15, 0.2) is 59.5 Å². The van der Waals surface area contributed by atoms with E-state index in [-0.39, 0.29) is 5.25 Å². The summed E-state index contributed by atoms with van der Waals surface area (Å²) in [6, 6.07) is 17.6. The normalized spacial score (nSPS) is 38.2. The largest absolute Gasteiger partial charge is 0.282 e. The molecule has 0 radical (unpaired) electrons. The highest BCUT2D eigenvalue weighted by Crippen LogP contribution is 2.78. The summed E-state index contributed by atoms with van der Waals surface area (Å²) in [4.78, 5) is 25.1. The fourth-order valence-electron chi connectivity index (χ4n) is 4.75. The van der Waals surface area contributed by atoms with Crippen LogP contribution in [0.4, 0.5) is 0 Å². The third kappa shape index (κ3) is 1.36. The number of nitrogens with zero attached hydrogens (tertiary/aromatic N) is 1. The first kappa shape index (κ1) is 15.7. The minimum Gasteiger partial charge on any atom is -0.282 e. The molecule has 1 saturated carbocycles. The molecule has 126 valence electrons. The molecule has 1 saturated heterocycles. The second kappa shape index (κ2) is 4.61. The first-order valence-corrected chi connectivity index (χ1v) is 9.57. The molecule has 2 heterocycles. The third-order valence-electron chi connectivity index (χ3n) is 5.80. The molecule has 25 heavy (non-hydrogen) atoms. The Balaban J connectivity index is 1.89. The predicted octanol–water partition coefficient (Wildman–Crippen LogP) is 3.41. The van der Waals surface area contributed by atoms with Crippen LogP contribution in [0.5, 0.6) is 0 Å². The minimum absolute atomic E-state index is 0.333. The summed E-state index contributed by atoms with van der Waals surface area (Å²) in [5.74, 6) is -0.836. The summed E-state index contributed by atoms with van der Waals surface area (Å²) in [5, 5.41) is -0.333. The minimum atomic E-state index is -1.53. The van der Waals surface area contributed by atoms with Crippen LogP contribution in [0.2, 0.25) is 0 Å². The molecule has 6 heteroatoms. The Morgan fingerprint density at radius 2 is 1.60 bits per heavy atom. The Bertz CT molecular complexity index is 951. The van der Waals surface area contributed by atoms with Gasteiger partial charge in [0.15, 0.2) is 9.75 Å². The van der Waals surface area contributed by atoms with Crippen LogP contribution in [0.25, 0.3) is 0 Å². The van der Waals surface area contributed by atoms with E-state index in [0.29, 0.717) is 0 Å². The number of halogens is 2. The number of benzene rings is 2. The van der Waals surface area contributed by atoms with Gasteiger partial charge in [0, 0.05) is 11.9 Å². The Hall–Kier alpha value is -1.49. The average molecular weight is 390 g/mol. The fourth-order valence-corrected chi connectivity index (χ4v) is 7.99.